The molecular weight excluding hydrogens is 491 g/mol. The lowest BCUT2D eigenvalue weighted by atomic mass is 10.1. The first-order valence-corrected chi connectivity index (χ1v) is 11.6. The van der Waals surface area contributed by atoms with Gasteiger partial charge in [0.15, 0.2) is 0 Å². The van der Waals surface area contributed by atoms with E-state index in [-0.39, 0.29) is 12.5 Å². The Bertz CT molecular complexity index is 1330. The standard InChI is InChI=1S/C23H19ClF3N3O3S/c1-2-3-4-18-19(34-21(28-18)13-5-7-14(8-6-13)23(25,26)27)12-32-15-9-10-16(17(24)11-15)20-29-30-22(31)33-20/h5-11H,2-4,12H2,1H3,(H,30,31). The van der Waals surface area contributed by atoms with E-state index in [1.165, 1.54) is 23.5 Å². The molecule has 0 aliphatic carbocycles. The summed E-state index contributed by atoms with van der Waals surface area (Å²) in [6.07, 6.45) is -1.73. The van der Waals surface area contributed by atoms with Crippen LogP contribution in [0.15, 0.2) is 51.7 Å². The zero-order valence-corrected chi connectivity index (χ0v) is 19.5. The van der Waals surface area contributed by atoms with Crippen LogP contribution in [0.1, 0.15) is 35.9 Å². The average Bonchev–Trinajstić information content (AvgIpc) is 3.42. The lowest BCUT2D eigenvalue weighted by Crippen LogP contribution is -2.03. The van der Waals surface area contributed by atoms with Crippen LogP contribution in [0.25, 0.3) is 22.0 Å². The third-order valence-corrected chi connectivity index (χ3v) is 6.42. The van der Waals surface area contributed by atoms with Gasteiger partial charge < -0.3 is 9.15 Å². The van der Waals surface area contributed by atoms with Crippen molar-refractivity contribution in [1.29, 1.82) is 0 Å². The number of nitrogens with one attached hydrogen (secondary N) is 1. The SMILES string of the molecule is CCCCc1nc(-c2ccc(C(F)(F)F)cc2)sc1COc1ccc(-c2n[nH]c(=O)o2)c(Cl)c1. The Morgan fingerprint density at radius 1 is 1.18 bits per heavy atom. The predicted octanol–water partition coefficient (Wildman–Crippen LogP) is 6.75. The molecular formula is C23H19ClF3N3O3S. The molecule has 1 N–H and O–H groups in total. The van der Waals surface area contributed by atoms with Gasteiger partial charge in [-0.25, -0.2) is 14.9 Å². The van der Waals surface area contributed by atoms with Gasteiger partial charge in [0.25, 0.3) is 5.89 Å². The monoisotopic (exact) mass is 509 g/mol. The molecule has 2 heterocycles. The molecule has 0 bridgehead atoms. The molecule has 11 heteroatoms. The van der Waals surface area contributed by atoms with Gasteiger partial charge in [0.1, 0.15) is 17.4 Å². The number of unbranched alkanes of at least 4 members (excludes halogenated alkanes) is 1. The van der Waals surface area contributed by atoms with E-state index < -0.39 is 17.5 Å². The van der Waals surface area contributed by atoms with E-state index in [1.54, 1.807) is 18.2 Å². The first kappa shape index (κ1) is 24.0. The van der Waals surface area contributed by atoms with E-state index in [0.29, 0.717) is 26.9 Å². The minimum Gasteiger partial charge on any atom is -0.488 e. The zero-order chi connectivity index (χ0) is 24.3. The van der Waals surface area contributed by atoms with Gasteiger partial charge >= 0.3 is 11.9 Å². The molecule has 0 amide bonds. The highest BCUT2D eigenvalue weighted by atomic mass is 35.5. The summed E-state index contributed by atoms with van der Waals surface area (Å²) in [5.41, 5.74) is 1.23. The van der Waals surface area contributed by atoms with Crippen molar-refractivity contribution in [2.24, 2.45) is 0 Å². The van der Waals surface area contributed by atoms with Crippen molar-refractivity contribution in [3.63, 3.8) is 0 Å². The number of hydrogen-bond donors (Lipinski definition) is 1. The molecule has 0 radical (unpaired) electrons. The number of nitrogens with zero attached hydrogens (tertiary/aromatic N) is 2. The minimum atomic E-state index is -4.38. The molecule has 0 fully saturated rings. The molecule has 0 aliphatic heterocycles. The van der Waals surface area contributed by atoms with Crippen LogP contribution in [0.5, 0.6) is 5.75 Å². The second-order valence-electron chi connectivity index (χ2n) is 7.42. The molecule has 0 atom stereocenters. The normalized spacial score (nSPS) is 11.7. The molecule has 0 saturated carbocycles. The summed E-state index contributed by atoms with van der Waals surface area (Å²) >= 11 is 7.69. The van der Waals surface area contributed by atoms with Crippen molar-refractivity contribution < 1.29 is 22.3 Å². The third-order valence-electron chi connectivity index (χ3n) is 4.98. The molecule has 4 rings (SSSR count). The molecule has 4 aromatic rings. The third kappa shape index (κ3) is 5.51. The summed E-state index contributed by atoms with van der Waals surface area (Å²) in [5, 5.41) is 6.88. The van der Waals surface area contributed by atoms with Crippen LogP contribution in [0.2, 0.25) is 5.02 Å². The van der Waals surface area contributed by atoms with Crippen LogP contribution in [-0.4, -0.2) is 15.2 Å². The summed E-state index contributed by atoms with van der Waals surface area (Å²) in [6, 6.07) is 9.89. The Hall–Kier alpha value is -3.11. The molecule has 6 nitrogen and oxygen atoms in total. The predicted molar refractivity (Wildman–Crippen MR) is 123 cm³/mol. The van der Waals surface area contributed by atoms with Gasteiger partial charge in [0, 0.05) is 5.56 Å². The molecule has 0 aliphatic rings. The lowest BCUT2D eigenvalue weighted by molar-refractivity contribution is -0.137. The Kier molecular flexibility index (Phi) is 7.08. The van der Waals surface area contributed by atoms with Crippen LogP contribution in [0.4, 0.5) is 13.2 Å². The number of ether oxygens (including phenoxy) is 1. The summed E-state index contributed by atoms with van der Waals surface area (Å²) in [7, 11) is 0. The fourth-order valence-electron chi connectivity index (χ4n) is 3.21. The highest BCUT2D eigenvalue weighted by molar-refractivity contribution is 7.15. The summed E-state index contributed by atoms with van der Waals surface area (Å²) in [5.74, 6) is -0.107. The van der Waals surface area contributed by atoms with E-state index in [0.717, 1.165) is 42.0 Å². The average molecular weight is 510 g/mol. The number of aromatic nitrogens is 3. The highest BCUT2D eigenvalue weighted by Gasteiger charge is 2.30. The zero-order valence-electron chi connectivity index (χ0n) is 17.9. The van der Waals surface area contributed by atoms with Gasteiger partial charge in [-0.2, -0.15) is 13.2 Å². The fraction of sp³-hybridized carbons (Fsp3) is 0.261. The van der Waals surface area contributed by atoms with Crippen molar-refractivity contribution >= 4 is 22.9 Å². The van der Waals surface area contributed by atoms with Gasteiger partial charge in [0.05, 0.1) is 26.7 Å². The Labute approximate surface area is 201 Å². The van der Waals surface area contributed by atoms with Crippen molar-refractivity contribution in [3.8, 4) is 27.8 Å². The first-order chi connectivity index (χ1) is 16.2. The second kappa shape index (κ2) is 10.0. The molecule has 0 spiro atoms. The molecule has 34 heavy (non-hydrogen) atoms. The van der Waals surface area contributed by atoms with Gasteiger partial charge in [-0.3, -0.25) is 0 Å². The van der Waals surface area contributed by atoms with Gasteiger partial charge in [-0.15, -0.1) is 16.4 Å². The molecule has 178 valence electrons. The van der Waals surface area contributed by atoms with Crippen molar-refractivity contribution in [2.45, 2.75) is 39.0 Å². The second-order valence-corrected chi connectivity index (χ2v) is 8.91. The first-order valence-electron chi connectivity index (χ1n) is 10.4. The topological polar surface area (TPSA) is 81.0 Å². The Morgan fingerprint density at radius 3 is 2.56 bits per heavy atom. The van der Waals surface area contributed by atoms with Crippen molar-refractivity contribution in [2.75, 3.05) is 0 Å². The number of aryl methyl sites for hydroxylation is 1. The highest BCUT2D eigenvalue weighted by Crippen LogP contribution is 2.34. The molecule has 0 unspecified atom stereocenters. The Morgan fingerprint density at radius 2 is 1.94 bits per heavy atom. The van der Waals surface area contributed by atoms with Crippen molar-refractivity contribution in [3.05, 3.63) is 74.2 Å². The van der Waals surface area contributed by atoms with E-state index >= 15 is 0 Å². The molecule has 0 saturated heterocycles. The Balaban J connectivity index is 1.53. The maximum Gasteiger partial charge on any atom is 0.434 e. The number of rotatable bonds is 8. The van der Waals surface area contributed by atoms with Crippen LogP contribution >= 0.6 is 22.9 Å². The lowest BCUT2D eigenvalue weighted by Gasteiger charge is -2.08. The summed E-state index contributed by atoms with van der Waals surface area (Å²) in [6.45, 7) is 2.30. The van der Waals surface area contributed by atoms with E-state index in [9.17, 15) is 18.0 Å². The number of benzene rings is 2. The van der Waals surface area contributed by atoms with E-state index in [2.05, 4.69) is 22.1 Å². The summed E-state index contributed by atoms with van der Waals surface area (Å²) < 4.78 is 49.5. The van der Waals surface area contributed by atoms with Crippen LogP contribution in [0, 0.1) is 0 Å². The number of hydrogen-bond acceptors (Lipinski definition) is 6. The van der Waals surface area contributed by atoms with E-state index in [4.69, 9.17) is 20.8 Å². The fourth-order valence-corrected chi connectivity index (χ4v) is 4.49. The maximum absolute atomic E-state index is 12.9. The molecule has 2 aromatic carbocycles. The van der Waals surface area contributed by atoms with Gasteiger partial charge in [0.2, 0.25) is 0 Å². The van der Waals surface area contributed by atoms with Crippen LogP contribution < -0.4 is 10.5 Å². The van der Waals surface area contributed by atoms with Gasteiger partial charge in [-0.05, 0) is 43.2 Å². The molecule has 2 aromatic heterocycles. The van der Waals surface area contributed by atoms with Crippen LogP contribution in [-0.2, 0) is 19.2 Å². The number of alkyl halides is 3. The van der Waals surface area contributed by atoms with Gasteiger partial charge in [-0.1, -0.05) is 37.1 Å². The quantitative estimate of drug-likeness (QED) is 0.284. The summed E-state index contributed by atoms with van der Waals surface area (Å²) in [4.78, 5) is 16.7. The largest absolute Gasteiger partial charge is 0.488 e. The van der Waals surface area contributed by atoms with Crippen LogP contribution in [0.3, 0.4) is 0 Å². The minimum absolute atomic E-state index is 0.0760. The number of H-pyrrole nitrogens is 1. The van der Waals surface area contributed by atoms with Crippen molar-refractivity contribution in [1.82, 2.24) is 15.2 Å². The number of halogens is 4. The smallest absolute Gasteiger partial charge is 0.434 e. The maximum atomic E-state index is 12.9. The number of aromatic amines is 1. The number of thiazole rings is 1. The van der Waals surface area contributed by atoms with E-state index in [1.807, 2.05) is 0 Å².